The maximum absolute atomic E-state index is 13.9. The molecule has 2 N–H and O–H groups in total. The van der Waals surface area contributed by atoms with Crippen LogP contribution in [0.2, 0.25) is 5.02 Å². The summed E-state index contributed by atoms with van der Waals surface area (Å²) in [6.45, 7) is -0.599. The van der Waals surface area contributed by atoms with Crippen molar-refractivity contribution in [2.75, 3.05) is 13.2 Å². The minimum Gasteiger partial charge on any atom is -0.395 e. The lowest BCUT2D eigenvalue weighted by molar-refractivity contribution is 0.115. The van der Waals surface area contributed by atoms with E-state index in [2.05, 4.69) is 15.9 Å². The number of aliphatic hydroxyl groups excluding tert-OH is 2. The molecular weight excluding hydrogens is 359 g/mol. The van der Waals surface area contributed by atoms with Crippen LogP contribution < -0.4 is 0 Å². The van der Waals surface area contributed by atoms with E-state index in [9.17, 15) is 14.6 Å². The summed E-state index contributed by atoms with van der Waals surface area (Å²) < 4.78 is 14.8. The van der Waals surface area contributed by atoms with Gasteiger partial charge in [0.1, 0.15) is 5.82 Å². The van der Waals surface area contributed by atoms with Gasteiger partial charge in [0.25, 0.3) is 0 Å². The van der Waals surface area contributed by atoms with Crippen LogP contribution in [0.25, 0.3) is 0 Å². The average molecular weight is 374 g/mol. The van der Waals surface area contributed by atoms with Crippen molar-refractivity contribution >= 4 is 27.5 Å². The molecule has 0 radical (unpaired) electrons. The number of hydrogen-bond donors (Lipinski definition) is 2. The van der Waals surface area contributed by atoms with E-state index in [-0.39, 0.29) is 19.6 Å². The molecule has 112 valence electrons. The molecule has 0 bridgehead atoms. The van der Waals surface area contributed by atoms with E-state index in [1.165, 1.54) is 18.2 Å². The number of benzene rings is 2. The standard InChI is InChI=1S/C16H15BrClFO2/c17-13-3-1-2-12(7-13)16(9-20,10-21)8-11-6-14(18)4-5-15(11)19/h1-7,20-21H,8-10H2. The minimum absolute atomic E-state index is 0.156. The fourth-order valence-corrected chi connectivity index (χ4v) is 2.90. The normalized spacial score (nSPS) is 11.7. The van der Waals surface area contributed by atoms with Gasteiger partial charge in [-0.15, -0.1) is 0 Å². The van der Waals surface area contributed by atoms with Gasteiger partial charge in [0.2, 0.25) is 0 Å². The first-order valence-corrected chi connectivity index (χ1v) is 7.59. The van der Waals surface area contributed by atoms with Crippen LogP contribution in [-0.2, 0) is 11.8 Å². The summed E-state index contributed by atoms with van der Waals surface area (Å²) in [5, 5.41) is 20.0. The molecule has 0 aliphatic heterocycles. The van der Waals surface area contributed by atoms with Crippen LogP contribution in [0.15, 0.2) is 46.9 Å². The quantitative estimate of drug-likeness (QED) is 0.839. The number of hydrogen-bond acceptors (Lipinski definition) is 2. The van der Waals surface area contributed by atoms with E-state index < -0.39 is 11.2 Å². The van der Waals surface area contributed by atoms with E-state index >= 15 is 0 Å². The Morgan fingerprint density at radius 1 is 1.10 bits per heavy atom. The second kappa shape index (κ2) is 6.88. The molecule has 21 heavy (non-hydrogen) atoms. The number of aliphatic hydroxyl groups is 2. The summed E-state index contributed by atoms with van der Waals surface area (Å²) in [6.07, 6.45) is 0.156. The highest BCUT2D eigenvalue weighted by Gasteiger charge is 2.32. The number of rotatable bonds is 5. The van der Waals surface area contributed by atoms with Crippen LogP contribution in [0.5, 0.6) is 0 Å². The Morgan fingerprint density at radius 3 is 2.43 bits per heavy atom. The van der Waals surface area contributed by atoms with E-state index in [4.69, 9.17) is 11.6 Å². The Morgan fingerprint density at radius 2 is 1.81 bits per heavy atom. The zero-order valence-electron chi connectivity index (χ0n) is 11.2. The van der Waals surface area contributed by atoms with Gasteiger partial charge >= 0.3 is 0 Å². The van der Waals surface area contributed by atoms with Gasteiger partial charge in [-0.25, -0.2) is 4.39 Å². The lowest BCUT2D eigenvalue weighted by atomic mass is 9.77. The van der Waals surface area contributed by atoms with Crippen molar-refractivity contribution in [1.82, 2.24) is 0 Å². The van der Waals surface area contributed by atoms with Gasteiger partial charge in [-0.1, -0.05) is 39.7 Å². The molecule has 0 aliphatic carbocycles. The van der Waals surface area contributed by atoms with Crippen LogP contribution in [0.1, 0.15) is 11.1 Å². The van der Waals surface area contributed by atoms with E-state index in [1.54, 1.807) is 6.07 Å². The van der Waals surface area contributed by atoms with Gasteiger partial charge in [-0.2, -0.15) is 0 Å². The molecule has 0 spiro atoms. The van der Waals surface area contributed by atoms with Crippen molar-refractivity contribution < 1.29 is 14.6 Å². The molecule has 0 amide bonds. The van der Waals surface area contributed by atoms with Crippen molar-refractivity contribution in [3.63, 3.8) is 0 Å². The smallest absolute Gasteiger partial charge is 0.126 e. The molecule has 0 atom stereocenters. The van der Waals surface area contributed by atoms with Crippen LogP contribution >= 0.6 is 27.5 Å². The first kappa shape index (κ1) is 16.4. The molecule has 0 saturated carbocycles. The fourth-order valence-electron chi connectivity index (χ4n) is 2.31. The van der Waals surface area contributed by atoms with Gasteiger partial charge in [0.15, 0.2) is 0 Å². The summed E-state index contributed by atoms with van der Waals surface area (Å²) in [7, 11) is 0. The van der Waals surface area contributed by atoms with Crippen LogP contribution in [0.3, 0.4) is 0 Å². The maximum Gasteiger partial charge on any atom is 0.126 e. The lowest BCUT2D eigenvalue weighted by Crippen LogP contribution is -2.37. The molecule has 0 fully saturated rings. The molecule has 5 heteroatoms. The Hall–Kier alpha value is -0.940. The molecule has 2 rings (SSSR count). The first-order chi connectivity index (χ1) is 10.0. The minimum atomic E-state index is -0.963. The molecule has 0 aliphatic rings. The first-order valence-electron chi connectivity index (χ1n) is 6.42. The predicted octanol–water partition coefficient (Wildman–Crippen LogP) is 3.71. The van der Waals surface area contributed by atoms with E-state index in [1.807, 2.05) is 18.2 Å². The molecule has 2 nitrogen and oxygen atoms in total. The highest BCUT2D eigenvalue weighted by Crippen LogP contribution is 2.31. The van der Waals surface area contributed by atoms with Crippen molar-refractivity contribution in [2.45, 2.75) is 11.8 Å². The molecular formula is C16H15BrClFO2. The third-order valence-electron chi connectivity index (χ3n) is 3.58. The van der Waals surface area contributed by atoms with Crippen LogP contribution in [-0.4, -0.2) is 23.4 Å². The molecule has 2 aromatic carbocycles. The second-order valence-corrected chi connectivity index (χ2v) is 6.37. The molecule has 0 heterocycles. The highest BCUT2D eigenvalue weighted by molar-refractivity contribution is 9.10. The molecule has 0 aromatic heterocycles. The summed E-state index contributed by atoms with van der Waals surface area (Å²) in [4.78, 5) is 0. The Bertz CT molecular complexity index is 629. The van der Waals surface area contributed by atoms with Crippen molar-refractivity contribution in [3.05, 3.63) is 68.9 Å². The summed E-state index contributed by atoms with van der Waals surface area (Å²) in [5.41, 5.74) is 0.141. The maximum atomic E-state index is 13.9. The predicted molar refractivity (Wildman–Crippen MR) is 85.1 cm³/mol. The average Bonchev–Trinajstić information content (AvgIpc) is 2.48. The van der Waals surface area contributed by atoms with Crippen molar-refractivity contribution in [1.29, 1.82) is 0 Å². The number of halogens is 3. The van der Waals surface area contributed by atoms with Gasteiger partial charge in [0, 0.05) is 14.9 Å². The Balaban J connectivity index is 2.45. The third-order valence-corrected chi connectivity index (χ3v) is 4.31. The molecule has 0 unspecified atom stereocenters. The van der Waals surface area contributed by atoms with Crippen LogP contribution in [0.4, 0.5) is 4.39 Å². The lowest BCUT2D eigenvalue weighted by Gasteiger charge is -2.31. The fraction of sp³-hybridized carbons (Fsp3) is 0.250. The zero-order valence-corrected chi connectivity index (χ0v) is 13.5. The second-order valence-electron chi connectivity index (χ2n) is 5.02. The Labute approximate surface area is 136 Å². The SMILES string of the molecule is OCC(CO)(Cc1cc(Cl)ccc1F)c1cccc(Br)c1. The van der Waals surface area contributed by atoms with Gasteiger partial charge in [-0.3, -0.25) is 0 Å². The van der Waals surface area contributed by atoms with Gasteiger partial charge in [-0.05, 0) is 47.9 Å². The topological polar surface area (TPSA) is 40.5 Å². The molecule has 0 saturated heterocycles. The third kappa shape index (κ3) is 3.64. The van der Waals surface area contributed by atoms with E-state index in [0.717, 1.165) is 10.0 Å². The monoisotopic (exact) mass is 372 g/mol. The largest absolute Gasteiger partial charge is 0.395 e. The zero-order chi connectivity index (χ0) is 15.5. The Kier molecular flexibility index (Phi) is 5.38. The highest BCUT2D eigenvalue weighted by atomic mass is 79.9. The van der Waals surface area contributed by atoms with Gasteiger partial charge in [0.05, 0.1) is 13.2 Å². The molecule has 2 aromatic rings. The van der Waals surface area contributed by atoms with E-state index in [0.29, 0.717) is 10.6 Å². The summed E-state index contributed by atoms with van der Waals surface area (Å²) in [6, 6.07) is 11.6. The van der Waals surface area contributed by atoms with Crippen molar-refractivity contribution in [3.8, 4) is 0 Å². The van der Waals surface area contributed by atoms with Gasteiger partial charge < -0.3 is 10.2 Å². The summed E-state index contributed by atoms with van der Waals surface area (Å²) >= 11 is 9.27. The summed E-state index contributed by atoms with van der Waals surface area (Å²) in [5.74, 6) is -0.402. The van der Waals surface area contributed by atoms with Crippen molar-refractivity contribution in [2.24, 2.45) is 0 Å². The van der Waals surface area contributed by atoms with Crippen LogP contribution in [0, 0.1) is 5.82 Å².